The number of halogens is 1. The second kappa shape index (κ2) is 9.86. The zero-order valence-corrected chi connectivity index (χ0v) is 17.7. The lowest BCUT2D eigenvalue weighted by Gasteiger charge is -2.07. The lowest BCUT2D eigenvalue weighted by Crippen LogP contribution is -2.24. The molecule has 10 heteroatoms. The fourth-order valence-corrected chi connectivity index (χ4v) is 3.01. The van der Waals surface area contributed by atoms with Gasteiger partial charge in [-0.1, -0.05) is 35.9 Å². The normalized spacial score (nSPS) is 10.9. The number of nitrogens with zero attached hydrogens (tertiary/aromatic N) is 4. The Kier molecular flexibility index (Phi) is 6.99. The van der Waals surface area contributed by atoms with Gasteiger partial charge < -0.3 is 4.74 Å². The van der Waals surface area contributed by atoms with E-state index in [1.807, 2.05) is 30.3 Å². The van der Waals surface area contributed by atoms with Gasteiger partial charge in [-0.3, -0.25) is 19.6 Å². The maximum absolute atomic E-state index is 12.1. The van der Waals surface area contributed by atoms with Crippen molar-refractivity contribution in [3.8, 4) is 5.75 Å². The van der Waals surface area contributed by atoms with E-state index < -0.39 is 10.8 Å². The molecule has 0 saturated carbocycles. The SMILES string of the molecule is Cc1nn(CC(=O)NN=Cc2cccc(OCc3ccc(Cl)cc3)c2)c(C)c1[N+](=O)[O-]. The Morgan fingerprint density at radius 3 is 2.71 bits per heavy atom. The van der Waals surface area contributed by atoms with E-state index in [1.54, 1.807) is 25.1 Å². The summed E-state index contributed by atoms with van der Waals surface area (Å²) in [7, 11) is 0. The summed E-state index contributed by atoms with van der Waals surface area (Å²) in [5, 5.41) is 19.7. The highest BCUT2D eigenvalue weighted by Crippen LogP contribution is 2.21. The summed E-state index contributed by atoms with van der Waals surface area (Å²) in [6.07, 6.45) is 1.48. The van der Waals surface area contributed by atoms with E-state index in [0.717, 1.165) is 11.1 Å². The summed E-state index contributed by atoms with van der Waals surface area (Å²) >= 11 is 5.88. The van der Waals surface area contributed by atoms with Gasteiger partial charge >= 0.3 is 5.69 Å². The van der Waals surface area contributed by atoms with Crippen LogP contribution in [0.1, 0.15) is 22.5 Å². The third kappa shape index (κ3) is 5.89. The van der Waals surface area contributed by atoms with Crippen molar-refractivity contribution >= 4 is 29.4 Å². The smallest absolute Gasteiger partial charge is 0.312 e. The van der Waals surface area contributed by atoms with Crippen LogP contribution >= 0.6 is 11.6 Å². The van der Waals surface area contributed by atoms with Gasteiger partial charge in [-0.15, -0.1) is 0 Å². The van der Waals surface area contributed by atoms with E-state index in [0.29, 0.717) is 23.1 Å². The van der Waals surface area contributed by atoms with Crippen molar-refractivity contribution in [1.82, 2.24) is 15.2 Å². The lowest BCUT2D eigenvalue weighted by molar-refractivity contribution is -0.386. The number of rotatable bonds is 8. The van der Waals surface area contributed by atoms with E-state index in [-0.39, 0.29) is 17.9 Å². The summed E-state index contributed by atoms with van der Waals surface area (Å²) in [6.45, 7) is 3.29. The molecule has 0 fully saturated rings. The maximum atomic E-state index is 12.1. The van der Waals surface area contributed by atoms with E-state index in [9.17, 15) is 14.9 Å². The second-order valence-electron chi connectivity index (χ2n) is 6.71. The van der Waals surface area contributed by atoms with E-state index in [2.05, 4.69) is 15.6 Å². The Hall–Kier alpha value is -3.72. The van der Waals surface area contributed by atoms with Crippen LogP contribution in [0.3, 0.4) is 0 Å². The number of ether oxygens (including phenoxy) is 1. The summed E-state index contributed by atoms with van der Waals surface area (Å²) in [4.78, 5) is 22.6. The Morgan fingerprint density at radius 2 is 2.03 bits per heavy atom. The zero-order chi connectivity index (χ0) is 22.4. The fraction of sp³-hybridized carbons (Fsp3) is 0.190. The standard InChI is InChI=1S/C21H20ClN5O4/c1-14-21(27(29)30)15(2)26(25-14)12-20(28)24-23-11-17-4-3-5-19(10-17)31-13-16-6-8-18(22)9-7-16/h3-11H,12-13H2,1-2H3,(H,24,28). The van der Waals surface area contributed by atoms with Crippen LogP contribution in [0.25, 0.3) is 0 Å². The Labute approximate surface area is 183 Å². The van der Waals surface area contributed by atoms with Crippen LogP contribution in [0, 0.1) is 24.0 Å². The molecule has 0 spiro atoms. The number of amides is 1. The molecular formula is C21H20ClN5O4. The number of carbonyl (C=O) groups is 1. The van der Waals surface area contributed by atoms with Crippen molar-refractivity contribution in [2.75, 3.05) is 0 Å². The molecule has 1 amide bonds. The summed E-state index contributed by atoms with van der Waals surface area (Å²) in [6, 6.07) is 14.6. The van der Waals surface area contributed by atoms with Gasteiger partial charge in [0.2, 0.25) is 0 Å². The van der Waals surface area contributed by atoms with Gasteiger partial charge in [-0.05, 0) is 49.2 Å². The van der Waals surface area contributed by atoms with Crippen LogP contribution in [0.2, 0.25) is 5.02 Å². The molecule has 31 heavy (non-hydrogen) atoms. The van der Waals surface area contributed by atoms with Gasteiger partial charge in [0.1, 0.15) is 30.3 Å². The van der Waals surface area contributed by atoms with Gasteiger partial charge in [0, 0.05) is 5.02 Å². The molecule has 0 aliphatic heterocycles. The first-order chi connectivity index (χ1) is 14.8. The summed E-state index contributed by atoms with van der Waals surface area (Å²) < 4.78 is 7.05. The summed E-state index contributed by atoms with van der Waals surface area (Å²) in [5.74, 6) is 0.201. The second-order valence-corrected chi connectivity index (χ2v) is 7.15. The highest BCUT2D eigenvalue weighted by molar-refractivity contribution is 6.30. The Morgan fingerprint density at radius 1 is 1.29 bits per heavy atom. The van der Waals surface area contributed by atoms with Gasteiger partial charge in [-0.2, -0.15) is 10.2 Å². The topological polar surface area (TPSA) is 112 Å². The molecule has 0 aliphatic rings. The number of carbonyl (C=O) groups excluding carboxylic acids is 1. The minimum Gasteiger partial charge on any atom is -0.489 e. The lowest BCUT2D eigenvalue weighted by atomic mass is 10.2. The molecule has 0 aliphatic carbocycles. The number of benzene rings is 2. The number of hydrogen-bond donors (Lipinski definition) is 1. The number of aryl methyl sites for hydroxylation is 1. The van der Waals surface area contributed by atoms with E-state index in [4.69, 9.17) is 16.3 Å². The molecule has 1 aromatic heterocycles. The van der Waals surface area contributed by atoms with Gasteiger partial charge in [0.25, 0.3) is 5.91 Å². The number of hydrazone groups is 1. The van der Waals surface area contributed by atoms with Crippen molar-refractivity contribution < 1.29 is 14.5 Å². The molecule has 3 rings (SSSR count). The van der Waals surface area contributed by atoms with Crippen molar-refractivity contribution in [3.63, 3.8) is 0 Å². The van der Waals surface area contributed by atoms with Crippen LogP contribution < -0.4 is 10.2 Å². The average molecular weight is 442 g/mol. The molecule has 3 aromatic rings. The highest BCUT2D eigenvalue weighted by atomic mass is 35.5. The minimum absolute atomic E-state index is 0.0910. The molecule has 0 atom stereocenters. The molecule has 0 bridgehead atoms. The fourth-order valence-electron chi connectivity index (χ4n) is 2.89. The van der Waals surface area contributed by atoms with Gasteiger partial charge in [-0.25, -0.2) is 5.43 Å². The molecular weight excluding hydrogens is 422 g/mol. The summed E-state index contributed by atoms with van der Waals surface area (Å²) in [5.41, 5.74) is 4.59. The number of nitrogens with one attached hydrogen (secondary N) is 1. The van der Waals surface area contributed by atoms with Crippen molar-refractivity contribution in [2.45, 2.75) is 27.0 Å². The van der Waals surface area contributed by atoms with Crippen LogP contribution in [0.15, 0.2) is 53.6 Å². The number of aromatic nitrogens is 2. The largest absolute Gasteiger partial charge is 0.489 e. The van der Waals surface area contributed by atoms with Crippen LogP contribution in [-0.4, -0.2) is 26.8 Å². The quantitative estimate of drug-likeness (QED) is 0.324. The first kappa shape index (κ1) is 22.0. The van der Waals surface area contributed by atoms with Crippen molar-refractivity contribution in [1.29, 1.82) is 0 Å². The third-order valence-electron chi connectivity index (χ3n) is 4.40. The zero-order valence-electron chi connectivity index (χ0n) is 16.9. The molecule has 9 nitrogen and oxygen atoms in total. The number of hydrogen-bond acceptors (Lipinski definition) is 6. The Bertz CT molecular complexity index is 1130. The van der Waals surface area contributed by atoms with Crippen molar-refractivity contribution in [2.24, 2.45) is 5.10 Å². The monoisotopic (exact) mass is 441 g/mol. The average Bonchev–Trinajstić information content (AvgIpc) is 3.01. The molecule has 0 unspecified atom stereocenters. The highest BCUT2D eigenvalue weighted by Gasteiger charge is 2.22. The molecule has 0 radical (unpaired) electrons. The molecule has 0 saturated heterocycles. The maximum Gasteiger partial charge on any atom is 0.312 e. The first-order valence-electron chi connectivity index (χ1n) is 9.31. The first-order valence-corrected chi connectivity index (χ1v) is 9.69. The van der Waals surface area contributed by atoms with Crippen LogP contribution in [-0.2, 0) is 17.9 Å². The molecule has 2 aromatic carbocycles. The molecule has 160 valence electrons. The predicted octanol–water partition coefficient (Wildman–Crippen LogP) is 3.79. The third-order valence-corrected chi connectivity index (χ3v) is 4.65. The van der Waals surface area contributed by atoms with Gasteiger partial charge in [0.05, 0.1) is 11.1 Å². The Balaban J connectivity index is 1.55. The van der Waals surface area contributed by atoms with Crippen LogP contribution in [0.5, 0.6) is 5.75 Å². The molecule has 1 heterocycles. The van der Waals surface area contributed by atoms with Crippen LogP contribution in [0.4, 0.5) is 5.69 Å². The van der Waals surface area contributed by atoms with E-state index >= 15 is 0 Å². The molecule has 1 N–H and O–H groups in total. The minimum atomic E-state index is -0.508. The van der Waals surface area contributed by atoms with E-state index in [1.165, 1.54) is 17.8 Å². The predicted molar refractivity (Wildman–Crippen MR) is 116 cm³/mol. The van der Waals surface area contributed by atoms with Gasteiger partial charge in [0.15, 0.2) is 0 Å². The number of nitro groups is 1. The van der Waals surface area contributed by atoms with Crippen molar-refractivity contribution in [3.05, 3.63) is 86.2 Å².